The fraction of sp³-hybridized carbons (Fsp3) is 0.174. The topological polar surface area (TPSA) is 115 Å². The number of methoxy groups -OCH3 is 1. The van der Waals surface area contributed by atoms with Gasteiger partial charge in [0.2, 0.25) is 5.91 Å². The molecule has 0 unspecified atom stereocenters. The number of hydrogen-bond acceptors (Lipinski definition) is 8. The minimum atomic E-state index is -0.385. The molecule has 2 aromatic carbocycles. The van der Waals surface area contributed by atoms with E-state index in [2.05, 4.69) is 27.2 Å². The third-order valence-electron chi connectivity index (χ3n) is 5.20. The molecule has 1 fully saturated rings. The van der Waals surface area contributed by atoms with E-state index in [1.165, 1.54) is 13.4 Å². The Morgan fingerprint density at radius 3 is 2.88 bits per heavy atom. The van der Waals surface area contributed by atoms with Crippen LogP contribution in [0.25, 0.3) is 0 Å². The van der Waals surface area contributed by atoms with E-state index >= 15 is 0 Å². The first kappa shape index (κ1) is 23.6. The van der Waals surface area contributed by atoms with Crippen LogP contribution in [0, 0.1) is 0 Å². The highest BCUT2D eigenvalue weighted by Gasteiger charge is 2.31. The van der Waals surface area contributed by atoms with Crippen LogP contribution in [0.4, 0.5) is 28.7 Å². The van der Waals surface area contributed by atoms with Crippen molar-refractivity contribution in [3.63, 3.8) is 0 Å². The first-order valence-electron chi connectivity index (χ1n) is 10.3. The lowest BCUT2D eigenvalue weighted by molar-refractivity contribution is -0.111. The number of hydroxylamine groups is 1. The molecule has 1 aromatic heterocycles. The van der Waals surface area contributed by atoms with Gasteiger partial charge in [-0.3, -0.25) is 9.63 Å². The van der Waals surface area contributed by atoms with Gasteiger partial charge < -0.3 is 21.1 Å². The van der Waals surface area contributed by atoms with Gasteiger partial charge in [0.1, 0.15) is 17.9 Å². The molecule has 3 aromatic rings. The molecule has 9 nitrogen and oxygen atoms in total. The summed E-state index contributed by atoms with van der Waals surface area (Å²) in [6, 6.07) is 10.3. The minimum Gasteiger partial charge on any atom is -0.494 e. The van der Waals surface area contributed by atoms with Crippen molar-refractivity contribution in [1.29, 1.82) is 0 Å². The fourth-order valence-corrected chi connectivity index (χ4v) is 4.02. The van der Waals surface area contributed by atoms with E-state index in [0.29, 0.717) is 57.5 Å². The van der Waals surface area contributed by atoms with Crippen molar-refractivity contribution in [2.45, 2.75) is 12.5 Å². The standard InChI is InChI=1S/C23H22Cl2N6O3/c1-3-22(32)30-16-10-17(19(33-2)9-15(16)26)29-20-11-21(28-12-27-20)31-18(7-8-34-31)13-5-4-6-14(24)23(13)25/h3-6,9-12,18H,1,7-8,26H2,2H3,(H,30,32)(H,27,28,29)/t18-/m1/s1. The first-order valence-corrected chi connectivity index (χ1v) is 11.0. The highest BCUT2D eigenvalue weighted by molar-refractivity contribution is 6.42. The summed E-state index contributed by atoms with van der Waals surface area (Å²) < 4.78 is 5.43. The highest BCUT2D eigenvalue weighted by atomic mass is 35.5. The number of carbonyl (C=O) groups excluding carboxylic acids is 1. The largest absolute Gasteiger partial charge is 0.494 e. The summed E-state index contributed by atoms with van der Waals surface area (Å²) in [5.41, 5.74) is 8.17. The van der Waals surface area contributed by atoms with Crippen molar-refractivity contribution < 1.29 is 14.4 Å². The number of ether oxygens (including phenoxy) is 1. The lowest BCUT2D eigenvalue weighted by atomic mass is 10.0. The molecule has 4 N–H and O–H groups in total. The van der Waals surface area contributed by atoms with E-state index in [-0.39, 0.29) is 11.9 Å². The molecule has 1 aliphatic heterocycles. The maximum absolute atomic E-state index is 11.7. The van der Waals surface area contributed by atoms with Gasteiger partial charge in [-0.05, 0) is 23.8 Å². The number of nitrogens with one attached hydrogen (secondary N) is 2. The average molecular weight is 501 g/mol. The third kappa shape index (κ3) is 4.86. The molecule has 0 aliphatic carbocycles. The highest BCUT2D eigenvalue weighted by Crippen LogP contribution is 2.40. The Hall–Kier alpha value is -3.53. The van der Waals surface area contributed by atoms with E-state index in [4.69, 9.17) is 38.5 Å². The predicted molar refractivity (Wildman–Crippen MR) is 134 cm³/mol. The third-order valence-corrected chi connectivity index (χ3v) is 6.03. The Kier molecular flexibility index (Phi) is 7.06. The normalized spacial score (nSPS) is 15.1. The van der Waals surface area contributed by atoms with E-state index in [9.17, 15) is 4.79 Å². The zero-order valence-electron chi connectivity index (χ0n) is 18.2. The van der Waals surface area contributed by atoms with Crippen molar-refractivity contribution in [2.75, 3.05) is 35.1 Å². The van der Waals surface area contributed by atoms with Crippen LogP contribution in [0.15, 0.2) is 55.4 Å². The van der Waals surface area contributed by atoms with Crippen LogP contribution in [-0.2, 0) is 9.63 Å². The van der Waals surface area contributed by atoms with E-state index in [0.717, 1.165) is 11.6 Å². The molecule has 0 spiro atoms. The fourth-order valence-electron chi connectivity index (χ4n) is 3.58. The minimum absolute atomic E-state index is 0.166. The summed E-state index contributed by atoms with van der Waals surface area (Å²) in [6.07, 6.45) is 3.29. The Morgan fingerprint density at radius 2 is 2.12 bits per heavy atom. The number of hydrogen-bond donors (Lipinski definition) is 3. The Labute approximate surface area is 206 Å². The molecule has 0 bridgehead atoms. The van der Waals surface area contributed by atoms with Crippen LogP contribution in [0.2, 0.25) is 10.0 Å². The molecular formula is C23H22Cl2N6O3. The second-order valence-electron chi connectivity index (χ2n) is 7.33. The molecule has 1 amide bonds. The molecule has 2 heterocycles. The average Bonchev–Trinajstić information content (AvgIpc) is 3.32. The van der Waals surface area contributed by atoms with Crippen molar-refractivity contribution in [3.05, 3.63) is 71.0 Å². The molecule has 4 rings (SSSR count). The second-order valence-corrected chi connectivity index (χ2v) is 8.11. The quantitative estimate of drug-likeness (QED) is 0.302. The molecule has 1 aliphatic rings. The van der Waals surface area contributed by atoms with Gasteiger partial charge in [0.05, 0.1) is 46.9 Å². The van der Waals surface area contributed by atoms with Gasteiger partial charge in [0, 0.05) is 18.6 Å². The lowest BCUT2D eigenvalue weighted by Crippen LogP contribution is -2.22. The van der Waals surface area contributed by atoms with Crippen LogP contribution in [-0.4, -0.2) is 29.6 Å². The number of anilines is 5. The van der Waals surface area contributed by atoms with Crippen LogP contribution in [0.1, 0.15) is 18.0 Å². The number of nitrogens with zero attached hydrogens (tertiary/aromatic N) is 3. The molecule has 1 atom stereocenters. The Balaban J connectivity index is 1.63. The molecule has 0 saturated carbocycles. The van der Waals surface area contributed by atoms with Crippen LogP contribution in [0.5, 0.6) is 5.75 Å². The summed E-state index contributed by atoms with van der Waals surface area (Å²) in [5.74, 6) is 1.09. The van der Waals surface area contributed by atoms with Crippen molar-refractivity contribution in [3.8, 4) is 5.75 Å². The zero-order valence-corrected chi connectivity index (χ0v) is 19.7. The molecular weight excluding hydrogens is 479 g/mol. The van der Waals surface area contributed by atoms with Crippen molar-refractivity contribution in [1.82, 2.24) is 9.97 Å². The summed E-state index contributed by atoms with van der Waals surface area (Å²) in [5, 5.41) is 8.51. The van der Waals surface area contributed by atoms with E-state index in [1.54, 1.807) is 29.3 Å². The summed E-state index contributed by atoms with van der Waals surface area (Å²) in [4.78, 5) is 26.3. The smallest absolute Gasteiger partial charge is 0.247 e. The first-order chi connectivity index (χ1) is 16.4. The summed E-state index contributed by atoms with van der Waals surface area (Å²) in [6.45, 7) is 3.95. The van der Waals surface area contributed by atoms with Crippen LogP contribution in [0.3, 0.4) is 0 Å². The Morgan fingerprint density at radius 1 is 1.29 bits per heavy atom. The van der Waals surface area contributed by atoms with Gasteiger partial charge in [-0.15, -0.1) is 0 Å². The van der Waals surface area contributed by atoms with Crippen LogP contribution < -0.4 is 26.2 Å². The van der Waals surface area contributed by atoms with Crippen molar-refractivity contribution in [2.24, 2.45) is 0 Å². The van der Waals surface area contributed by atoms with E-state index < -0.39 is 0 Å². The molecule has 1 saturated heterocycles. The second kappa shape index (κ2) is 10.2. The lowest BCUT2D eigenvalue weighted by Gasteiger charge is -2.25. The predicted octanol–water partition coefficient (Wildman–Crippen LogP) is 5.13. The van der Waals surface area contributed by atoms with Gasteiger partial charge in [-0.25, -0.2) is 15.0 Å². The van der Waals surface area contributed by atoms with Crippen molar-refractivity contribution >= 4 is 57.8 Å². The van der Waals surface area contributed by atoms with Crippen LogP contribution >= 0.6 is 23.2 Å². The monoisotopic (exact) mass is 500 g/mol. The maximum atomic E-state index is 11.7. The number of nitrogens with two attached hydrogens (primary N) is 1. The number of nitrogen functional groups attached to an aromatic ring is 1. The summed E-state index contributed by atoms with van der Waals surface area (Å²) >= 11 is 12.7. The van der Waals surface area contributed by atoms with Gasteiger partial charge >= 0.3 is 0 Å². The summed E-state index contributed by atoms with van der Waals surface area (Å²) in [7, 11) is 1.52. The van der Waals surface area contributed by atoms with Gasteiger partial charge in [0.25, 0.3) is 0 Å². The molecule has 34 heavy (non-hydrogen) atoms. The molecule has 11 heteroatoms. The Bertz CT molecular complexity index is 1240. The number of amides is 1. The van der Waals surface area contributed by atoms with Gasteiger partial charge in [-0.2, -0.15) is 0 Å². The molecule has 0 radical (unpaired) electrons. The number of aromatic nitrogens is 2. The number of carbonyl (C=O) groups is 1. The number of halogens is 2. The maximum Gasteiger partial charge on any atom is 0.247 e. The molecule has 176 valence electrons. The SMILES string of the molecule is C=CC(=O)Nc1cc(Nc2cc(N3OCC[C@@H]3c3cccc(Cl)c3Cl)ncn2)c(OC)cc1N. The van der Waals surface area contributed by atoms with E-state index in [1.807, 2.05) is 12.1 Å². The number of rotatable bonds is 7. The van der Waals surface area contributed by atoms with Gasteiger partial charge in [-0.1, -0.05) is 41.9 Å². The zero-order chi connectivity index (χ0) is 24.2. The van der Waals surface area contributed by atoms with Gasteiger partial charge in [0.15, 0.2) is 5.82 Å². The number of benzene rings is 2.